The largest absolute Gasteiger partial charge is 0.508 e. The number of hydrogen-bond acceptors (Lipinski definition) is 8. The van der Waals surface area contributed by atoms with E-state index in [1.54, 1.807) is 12.1 Å². The van der Waals surface area contributed by atoms with Gasteiger partial charge in [0.2, 0.25) is 0 Å². The van der Waals surface area contributed by atoms with E-state index in [9.17, 15) is 30.0 Å². The zero-order valence-corrected chi connectivity index (χ0v) is 16.4. The second kappa shape index (κ2) is 7.05. The summed E-state index contributed by atoms with van der Waals surface area (Å²) in [5.41, 5.74) is 0.926. The molecule has 0 amide bonds. The highest BCUT2D eigenvalue weighted by molar-refractivity contribution is 5.93. The molecule has 8 heteroatoms. The molecule has 1 aliphatic rings. The fourth-order valence-corrected chi connectivity index (χ4v) is 3.97. The number of aromatic hydroxyl groups is 4. The van der Waals surface area contributed by atoms with Crippen LogP contribution >= 0.6 is 0 Å². The maximum absolute atomic E-state index is 12.9. The summed E-state index contributed by atoms with van der Waals surface area (Å²) >= 11 is 0. The lowest BCUT2D eigenvalue weighted by molar-refractivity contribution is -0.135. The summed E-state index contributed by atoms with van der Waals surface area (Å²) in [5, 5.41) is 39.4. The Labute approximate surface area is 180 Å². The average molecular weight is 432 g/mol. The smallest absolute Gasteiger partial charge is 0.312 e. The van der Waals surface area contributed by atoms with Crippen LogP contribution in [0.3, 0.4) is 0 Å². The zero-order valence-electron chi connectivity index (χ0n) is 16.4. The number of phenols is 4. The minimum Gasteiger partial charge on any atom is -0.508 e. The lowest BCUT2D eigenvalue weighted by atomic mass is 9.85. The Balaban J connectivity index is 1.81. The lowest BCUT2D eigenvalue weighted by Gasteiger charge is -2.26. The van der Waals surface area contributed by atoms with Crippen molar-refractivity contribution in [3.63, 3.8) is 0 Å². The number of esters is 1. The van der Waals surface area contributed by atoms with Gasteiger partial charge in [0.15, 0.2) is 16.9 Å². The van der Waals surface area contributed by atoms with E-state index in [2.05, 4.69) is 0 Å². The van der Waals surface area contributed by atoms with Crippen molar-refractivity contribution in [2.24, 2.45) is 0 Å². The quantitative estimate of drug-likeness (QED) is 0.214. The third-order valence-corrected chi connectivity index (χ3v) is 5.48. The summed E-state index contributed by atoms with van der Waals surface area (Å²) in [4.78, 5) is 25.2. The number of carbonyl (C=O) groups excluding carboxylic acids is 1. The van der Waals surface area contributed by atoms with Gasteiger partial charge >= 0.3 is 5.97 Å². The first-order valence-electron chi connectivity index (χ1n) is 9.67. The van der Waals surface area contributed by atoms with Gasteiger partial charge in [0.25, 0.3) is 0 Å². The summed E-state index contributed by atoms with van der Waals surface area (Å²) in [7, 11) is 0. The highest BCUT2D eigenvalue weighted by atomic mass is 16.5. The van der Waals surface area contributed by atoms with Crippen LogP contribution in [0.15, 0.2) is 63.8 Å². The lowest BCUT2D eigenvalue weighted by Crippen LogP contribution is -2.22. The summed E-state index contributed by atoms with van der Waals surface area (Å²) in [6.45, 7) is 0. The van der Waals surface area contributed by atoms with Crippen LogP contribution in [0.2, 0.25) is 0 Å². The van der Waals surface area contributed by atoms with E-state index in [1.807, 2.05) is 0 Å². The summed E-state index contributed by atoms with van der Waals surface area (Å²) < 4.78 is 11.4. The number of phenolic OH excluding ortho intramolecular Hbond substituents is 4. The van der Waals surface area contributed by atoms with E-state index in [1.165, 1.54) is 42.5 Å². The fourth-order valence-electron chi connectivity index (χ4n) is 3.97. The second-order valence-corrected chi connectivity index (χ2v) is 7.51. The molecular weight excluding hydrogens is 416 g/mol. The molecule has 0 saturated carbocycles. The van der Waals surface area contributed by atoms with Gasteiger partial charge in [-0.2, -0.15) is 0 Å². The van der Waals surface area contributed by atoms with Gasteiger partial charge in [-0.25, -0.2) is 0 Å². The number of ether oxygens (including phenoxy) is 1. The standard InChI is InChI=1S/C24H16O8/c25-13-4-1-11(2-5-13)14-8-21(30)31-20-10-18(29)23-17(28)9-19(32-24(23)22(14)20)12-3-6-15(26)16(27)7-12/h1-7,9-10,14,25-27,29H,8H2. The van der Waals surface area contributed by atoms with Gasteiger partial charge in [0.05, 0.1) is 6.42 Å². The predicted octanol–water partition coefficient (Wildman–Crippen LogP) is 3.72. The average Bonchev–Trinajstić information content (AvgIpc) is 2.75. The number of fused-ring (bicyclic) bond motifs is 3. The molecule has 32 heavy (non-hydrogen) atoms. The van der Waals surface area contributed by atoms with Crippen molar-refractivity contribution in [2.45, 2.75) is 12.3 Å². The molecule has 1 atom stereocenters. The normalized spacial score (nSPS) is 15.4. The van der Waals surface area contributed by atoms with Gasteiger partial charge < -0.3 is 29.6 Å². The van der Waals surface area contributed by atoms with Gasteiger partial charge in [-0.3, -0.25) is 9.59 Å². The molecule has 8 nitrogen and oxygen atoms in total. The molecule has 0 radical (unpaired) electrons. The maximum atomic E-state index is 12.9. The summed E-state index contributed by atoms with van der Waals surface area (Å²) in [6, 6.07) is 12.6. The Morgan fingerprint density at radius 3 is 2.28 bits per heavy atom. The molecule has 1 aromatic heterocycles. The number of hydrogen-bond donors (Lipinski definition) is 4. The third kappa shape index (κ3) is 3.09. The molecular formula is C24H16O8. The Hall–Kier alpha value is -4.46. The van der Waals surface area contributed by atoms with Gasteiger partial charge in [0.1, 0.15) is 34.0 Å². The Kier molecular flexibility index (Phi) is 4.30. The van der Waals surface area contributed by atoms with Crippen LogP contribution < -0.4 is 10.2 Å². The number of carbonyl (C=O) groups is 1. The monoisotopic (exact) mass is 432 g/mol. The molecule has 1 aliphatic heterocycles. The molecule has 5 rings (SSSR count). The first kappa shape index (κ1) is 19.5. The van der Waals surface area contributed by atoms with Crippen molar-refractivity contribution in [1.29, 1.82) is 0 Å². The second-order valence-electron chi connectivity index (χ2n) is 7.51. The third-order valence-electron chi connectivity index (χ3n) is 5.48. The van der Waals surface area contributed by atoms with Crippen molar-refractivity contribution in [2.75, 3.05) is 0 Å². The van der Waals surface area contributed by atoms with Crippen LogP contribution in [-0.2, 0) is 4.79 Å². The van der Waals surface area contributed by atoms with Crippen molar-refractivity contribution in [3.05, 3.63) is 75.9 Å². The fraction of sp³-hybridized carbons (Fsp3) is 0.0833. The first-order chi connectivity index (χ1) is 15.3. The molecule has 3 aromatic carbocycles. The van der Waals surface area contributed by atoms with Crippen LogP contribution in [0, 0.1) is 0 Å². The van der Waals surface area contributed by atoms with E-state index in [0.717, 1.165) is 0 Å². The molecule has 1 unspecified atom stereocenters. The maximum Gasteiger partial charge on any atom is 0.312 e. The molecule has 2 heterocycles. The predicted molar refractivity (Wildman–Crippen MR) is 113 cm³/mol. The van der Waals surface area contributed by atoms with E-state index in [0.29, 0.717) is 16.7 Å². The van der Waals surface area contributed by atoms with Gasteiger partial charge in [-0.15, -0.1) is 0 Å². The number of benzene rings is 3. The highest BCUT2D eigenvalue weighted by Gasteiger charge is 2.33. The van der Waals surface area contributed by atoms with Crippen molar-refractivity contribution in [1.82, 2.24) is 0 Å². The Morgan fingerprint density at radius 1 is 0.812 bits per heavy atom. The van der Waals surface area contributed by atoms with Crippen molar-refractivity contribution in [3.8, 4) is 40.1 Å². The minimum absolute atomic E-state index is 0.0361. The highest BCUT2D eigenvalue weighted by Crippen LogP contribution is 2.46. The molecule has 0 fully saturated rings. The van der Waals surface area contributed by atoms with Crippen molar-refractivity contribution < 1.29 is 34.4 Å². The topological polar surface area (TPSA) is 137 Å². The molecule has 4 N–H and O–H groups in total. The summed E-state index contributed by atoms with van der Waals surface area (Å²) in [5.74, 6) is -1.97. The SMILES string of the molecule is O=C1CC(c2ccc(O)cc2)c2c(cc(O)c3c(=O)cc(-c4ccc(O)c(O)c4)oc23)O1. The molecule has 0 spiro atoms. The van der Waals surface area contributed by atoms with E-state index in [4.69, 9.17) is 9.15 Å². The number of rotatable bonds is 2. The zero-order chi connectivity index (χ0) is 22.6. The molecule has 0 saturated heterocycles. The Morgan fingerprint density at radius 2 is 1.56 bits per heavy atom. The van der Waals surface area contributed by atoms with Gasteiger partial charge in [0, 0.05) is 29.2 Å². The van der Waals surface area contributed by atoms with Gasteiger partial charge in [-0.1, -0.05) is 12.1 Å². The first-order valence-corrected chi connectivity index (χ1v) is 9.67. The molecule has 160 valence electrons. The van der Waals surface area contributed by atoms with Gasteiger partial charge in [-0.05, 0) is 35.9 Å². The van der Waals surface area contributed by atoms with Crippen molar-refractivity contribution >= 4 is 16.9 Å². The van der Waals surface area contributed by atoms with E-state index < -0.39 is 23.1 Å². The summed E-state index contributed by atoms with van der Waals surface area (Å²) in [6.07, 6.45) is -0.0361. The van der Waals surface area contributed by atoms with E-state index >= 15 is 0 Å². The van der Waals surface area contributed by atoms with Crippen LogP contribution in [0.1, 0.15) is 23.5 Å². The van der Waals surface area contributed by atoms with Crippen LogP contribution in [0.4, 0.5) is 0 Å². The minimum atomic E-state index is -0.554. The Bertz CT molecular complexity index is 1450. The van der Waals surface area contributed by atoms with Crippen LogP contribution in [0.5, 0.6) is 28.7 Å². The molecule has 0 aliphatic carbocycles. The van der Waals surface area contributed by atoms with Crippen LogP contribution in [0.25, 0.3) is 22.3 Å². The van der Waals surface area contributed by atoms with Crippen LogP contribution in [-0.4, -0.2) is 26.4 Å². The molecule has 4 aromatic rings. The molecule has 0 bridgehead atoms. The van der Waals surface area contributed by atoms with E-state index in [-0.39, 0.29) is 46.1 Å².